The summed E-state index contributed by atoms with van der Waals surface area (Å²) in [7, 11) is 0. The molecule has 0 radical (unpaired) electrons. The molecule has 36 heavy (non-hydrogen) atoms. The standard InChI is InChI=1S/C27H32F2N2O4S/c1-20(25(33)34)36-17-9-8-16-31-23(19-30(26(31)35)18-21-10-4-2-5-11-21)14-15-24(32)27(28,29)22-12-6-3-7-13-22/h2-7,10-15,20,23-24,32H,8-9,16-19H2,1H3,(H,33,34). The van der Waals surface area contributed by atoms with Gasteiger partial charge < -0.3 is 20.0 Å². The van der Waals surface area contributed by atoms with E-state index in [1.165, 1.54) is 42.1 Å². The van der Waals surface area contributed by atoms with Gasteiger partial charge in [0, 0.05) is 25.2 Å². The van der Waals surface area contributed by atoms with Gasteiger partial charge in [-0.25, -0.2) is 4.79 Å². The van der Waals surface area contributed by atoms with E-state index in [4.69, 9.17) is 5.11 Å². The van der Waals surface area contributed by atoms with E-state index in [1.54, 1.807) is 22.8 Å². The summed E-state index contributed by atoms with van der Waals surface area (Å²) < 4.78 is 29.5. The van der Waals surface area contributed by atoms with Crippen molar-refractivity contribution in [1.29, 1.82) is 0 Å². The van der Waals surface area contributed by atoms with Crippen molar-refractivity contribution in [3.8, 4) is 0 Å². The van der Waals surface area contributed by atoms with Crippen molar-refractivity contribution in [3.05, 3.63) is 83.9 Å². The number of carboxylic acid groups (broad SMARTS) is 1. The Morgan fingerprint density at radius 2 is 1.78 bits per heavy atom. The Bertz CT molecular complexity index is 1020. The van der Waals surface area contributed by atoms with Crippen LogP contribution in [0.3, 0.4) is 0 Å². The van der Waals surface area contributed by atoms with Crippen LogP contribution in [-0.2, 0) is 17.3 Å². The van der Waals surface area contributed by atoms with Crippen LogP contribution < -0.4 is 0 Å². The summed E-state index contributed by atoms with van der Waals surface area (Å²) in [4.78, 5) is 27.5. The molecule has 2 aromatic rings. The zero-order valence-corrected chi connectivity index (χ0v) is 21.0. The average Bonchev–Trinajstić information content (AvgIpc) is 3.17. The summed E-state index contributed by atoms with van der Waals surface area (Å²) in [5.74, 6) is -3.68. The first kappa shape index (κ1) is 27.7. The number of carboxylic acids is 1. The minimum Gasteiger partial charge on any atom is -0.480 e. The number of unbranched alkanes of at least 4 members (excludes halogenated alkanes) is 1. The van der Waals surface area contributed by atoms with Gasteiger partial charge in [0.05, 0.1) is 11.3 Å². The molecule has 0 spiro atoms. The quantitative estimate of drug-likeness (QED) is 0.289. The number of nitrogens with zero attached hydrogens (tertiary/aromatic N) is 2. The SMILES string of the molecule is CC(SCCCCN1C(=O)N(Cc2ccccc2)CC1C=CC(O)C(F)(F)c1ccccc1)C(=O)O. The number of carbonyl (C=O) groups is 2. The fraction of sp³-hybridized carbons (Fsp3) is 0.407. The summed E-state index contributed by atoms with van der Waals surface area (Å²) >= 11 is 1.34. The lowest BCUT2D eigenvalue weighted by molar-refractivity contribution is -0.136. The van der Waals surface area contributed by atoms with Crippen molar-refractivity contribution in [1.82, 2.24) is 9.80 Å². The largest absolute Gasteiger partial charge is 0.480 e. The number of hydrogen-bond acceptors (Lipinski definition) is 4. The van der Waals surface area contributed by atoms with Gasteiger partial charge in [-0.15, -0.1) is 11.8 Å². The number of urea groups is 1. The maximum Gasteiger partial charge on any atom is 0.320 e. The Balaban J connectivity index is 1.67. The Labute approximate surface area is 214 Å². The molecule has 1 saturated heterocycles. The zero-order valence-electron chi connectivity index (χ0n) is 20.2. The Kier molecular flexibility index (Phi) is 9.89. The topological polar surface area (TPSA) is 81.1 Å². The van der Waals surface area contributed by atoms with Crippen LogP contribution in [0.25, 0.3) is 0 Å². The lowest BCUT2D eigenvalue weighted by Crippen LogP contribution is -2.35. The van der Waals surface area contributed by atoms with Gasteiger partial charge in [-0.3, -0.25) is 4.79 Å². The molecule has 9 heteroatoms. The molecule has 1 aliphatic rings. The van der Waals surface area contributed by atoms with E-state index in [2.05, 4.69) is 0 Å². The smallest absolute Gasteiger partial charge is 0.320 e. The number of benzene rings is 2. The van der Waals surface area contributed by atoms with Crippen LogP contribution in [0.5, 0.6) is 0 Å². The Hall–Kier alpha value is -2.91. The molecule has 0 saturated carbocycles. The minimum absolute atomic E-state index is 0.190. The lowest BCUT2D eigenvalue weighted by atomic mass is 10.0. The number of halogens is 2. The summed E-state index contributed by atoms with van der Waals surface area (Å²) in [6, 6.07) is 16.0. The summed E-state index contributed by atoms with van der Waals surface area (Å²) in [6.45, 7) is 2.76. The van der Waals surface area contributed by atoms with Crippen LogP contribution in [-0.4, -0.2) is 68.3 Å². The molecule has 6 nitrogen and oxygen atoms in total. The number of hydrogen-bond donors (Lipinski definition) is 2. The number of amides is 2. The molecule has 1 heterocycles. The van der Waals surface area contributed by atoms with E-state index in [0.717, 1.165) is 18.1 Å². The van der Waals surface area contributed by atoms with Gasteiger partial charge in [-0.2, -0.15) is 8.78 Å². The van der Waals surface area contributed by atoms with Gasteiger partial charge in [0.2, 0.25) is 0 Å². The van der Waals surface area contributed by atoms with Gasteiger partial charge in [0.25, 0.3) is 0 Å². The molecule has 3 atom stereocenters. The van der Waals surface area contributed by atoms with Gasteiger partial charge >= 0.3 is 17.9 Å². The number of aliphatic hydroxyl groups is 1. The Morgan fingerprint density at radius 1 is 1.14 bits per heavy atom. The number of aliphatic hydroxyl groups excluding tert-OH is 1. The second kappa shape index (κ2) is 12.9. The van der Waals surface area contributed by atoms with Crippen molar-refractivity contribution in [2.75, 3.05) is 18.8 Å². The van der Waals surface area contributed by atoms with Gasteiger partial charge in [0.15, 0.2) is 0 Å². The molecule has 3 unspecified atom stereocenters. The highest BCUT2D eigenvalue weighted by Crippen LogP contribution is 2.32. The molecule has 1 aliphatic heterocycles. The monoisotopic (exact) mass is 518 g/mol. The molecule has 2 amide bonds. The summed E-state index contributed by atoms with van der Waals surface area (Å²) in [5.41, 5.74) is 0.686. The fourth-order valence-electron chi connectivity index (χ4n) is 3.99. The maximum atomic E-state index is 14.7. The van der Waals surface area contributed by atoms with Crippen LogP contribution >= 0.6 is 11.8 Å². The normalized spacial score (nSPS) is 18.1. The number of carbonyl (C=O) groups excluding carboxylic acids is 1. The van der Waals surface area contributed by atoms with Gasteiger partial charge in [-0.05, 0) is 31.1 Å². The van der Waals surface area contributed by atoms with Crippen LogP contribution in [0.2, 0.25) is 0 Å². The molecular formula is C27H32F2N2O4S. The van der Waals surface area contributed by atoms with Crippen molar-refractivity contribution in [2.45, 2.75) is 49.6 Å². The molecule has 0 aromatic heterocycles. The summed E-state index contributed by atoms with van der Waals surface area (Å²) in [6.07, 6.45) is 1.90. The van der Waals surface area contributed by atoms with Crippen LogP contribution in [0, 0.1) is 0 Å². The second-order valence-electron chi connectivity index (χ2n) is 8.79. The third-order valence-corrected chi connectivity index (χ3v) is 7.32. The van der Waals surface area contributed by atoms with Gasteiger partial charge in [0.1, 0.15) is 6.10 Å². The number of aliphatic carboxylic acids is 1. The maximum absolute atomic E-state index is 14.7. The van der Waals surface area contributed by atoms with Crippen molar-refractivity contribution >= 4 is 23.8 Å². The third-order valence-electron chi connectivity index (χ3n) is 6.09. The first-order chi connectivity index (χ1) is 17.2. The second-order valence-corrected chi connectivity index (χ2v) is 10.2. The van der Waals surface area contributed by atoms with Crippen LogP contribution in [0.4, 0.5) is 13.6 Å². The Morgan fingerprint density at radius 3 is 2.42 bits per heavy atom. The van der Waals surface area contributed by atoms with E-state index >= 15 is 0 Å². The minimum atomic E-state index is -3.47. The van der Waals surface area contributed by atoms with Crippen molar-refractivity contribution in [3.63, 3.8) is 0 Å². The van der Waals surface area contributed by atoms with Crippen LogP contribution in [0.15, 0.2) is 72.8 Å². The molecule has 3 rings (SSSR count). The molecule has 0 aliphatic carbocycles. The number of thioether (sulfide) groups is 1. The fourth-order valence-corrected chi connectivity index (χ4v) is 4.86. The van der Waals surface area contributed by atoms with E-state index in [1.807, 2.05) is 30.3 Å². The molecule has 0 bridgehead atoms. The van der Waals surface area contributed by atoms with Crippen molar-refractivity contribution < 1.29 is 28.6 Å². The predicted octanol–water partition coefficient (Wildman–Crippen LogP) is 4.99. The van der Waals surface area contributed by atoms with Gasteiger partial charge in [-0.1, -0.05) is 72.8 Å². The van der Waals surface area contributed by atoms with Crippen LogP contribution in [0.1, 0.15) is 30.9 Å². The summed E-state index contributed by atoms with van der Waals surface area (Å²) in [5, 5.41) is 18.8. The third kappa shape index (κ3) is 7.30. The van der Waals surface area contributed by atoms with Crippen molar-refractivity contribution in [2.24, 2.45) is 0 Å². The molecular weight excluding hydrogens is 486 g/mol. The molecule has 2 aromatic carbocycles. The van der Waals surface area contributed by atoms with E-state index in [-0.39, 0.29) is 11.6 Å². The number of alkyl halides is 2. The molecule has 2 N–H and O–H groups in total. The van der Waals surface area contributed by atoms with E-state index in [9.17, 15) is 23.5 Å². The van der Waals surface area contributed by atoms with E-state index < -0.39 is 29.3 Å². The predicted molar refractivity (Wildman–Crippen MR) is 137 cm³/mol. The first-order valence-corrected chi connectivity index (χ1v) is 13.0. The molecule has 1 fully saturated rings. The lowest BCUT2D eigenvalue weighted by Gasteiger charge is -2.23. The highest BCUT2D eigenvalue weighted by molar-refractivity contribution is 8.00. The van der Waals surface area contributed by atoms with E-state index in [0.29, 0.717) is 31.8 Å². The average molecular weight is 519 g/mol. The highest BCUT2D eigenvalue weighted by atomic mass is 32.2. The zero-order chi connectivity index (χ0) is 26.1. The highest BCUT2D eigenvalue weighted by Gasteiger charge is 2.40. The number of rotatable bonds is 13. The first-order valence-electron chi connectivity index (χ1n) is 11.9. The molecule has 194 valence electrons.